The normalized spacial score (nSPS) is 10.8. The second-order valence-corrected chi connectivity index (χ2v) is 4.35. The topological polar surface area (TPSA) is 57.2 Å². The zero-order valence-electron chi connectivity index (χ0n) is 11.6. The van der Waals surface area contributed by atoms with Crippen LogP contribution in [0.25, 0.3) is 0 Å². The van der Waals surface area contributed by atoms with Gasteiger partial charge < -0.3 is 24.1 Å². The third-order valence-corrected chi connectivity index (χ3v) is 2.88. The van der Waals surface area contributed by atoms with E-state index in [0.717, 1.165) is 0 Å². The number of aliphatic hydroxyl groups is 1. The molecule has 0 amide bonds. The van der Waals surface area contributed by atoms with Gasteiger partial charge in [-0.3, -0.25) is 0 Å². The molecule has 0 aromatic heterocycles. The zero-order chi connectivity index (χ0) is 14.6. The predicted molar refractivity (Wildman–Crippen MR) is 76.4 cm³/mol. The smallest absolute Gasteiger partial charge is 0.126 e. The lowest BCUT2D eigenvalue weighted by atomic mass is 10.2. The number of hydrogen-bond acceptors (Lipinski definition) is 5. The van der Waals surface area contributed by atoms with Crippen molar-refractivity contribution >= 4 is 11.6 Å². The minimum atomic E-state index is -0.150. The molecular weight excluding hydrogens is 284 g/mol. The Kier molecular flexibility index (Phi) is 9.36. The Labute approximate surface area is 124 Å². The van der Waals surface area contributed by atoms with Gasteiger partial charge in [0, 0.05) is 17.7 Å². The van der Waals surface area contributed by atoms with Crippen LogP contribution in [0.4, 0.5) is 0 Å². The van der Waals surface area contributed by atoms with E-state index in [1.54, 1.807) is 25.3 Å². The average Bonchev–Trinajstić information content (AvgIpc) is 2.45. The fourth-order valence-corrected chi connectivity index (χ4v) is 1.73. The van der Waals surface area contributed by atoms with Gasteiger partial charge in [0.05, 0.1) is 39.6 Å². The van der Waals surface area contributed by atoms with E-state index in [1.807, 2.05) is 0 Å². The summed E-state index contributed by atoms with van der Waals surface area (Å²) in [6.45, 7) is 2.89. The summed E-state index contributed by atoms with van der Waals surface area (Å²) in [4.78, 5) is 0. The number of methoxy groups -OCH3 is 1. The zero-order valence-corrected chi connectivity index (χ0v) is 12.4. The standard InChI is InChI=1S/C14H21ClO5/c1-17-5-6-18-7-8-19-9-10-20-14-4-2-3-13(15)12(14)11-16/h2-4,16H,5-11H2,1H3. The fraction of sp³-hybridized carbons (Fsp3) is 0.571. The lowest BCUT2D eigenvalue weighted by Crippen LogP contribution is -2.12. The third kappa shape index (κ3) is 6.54. The Hall–Kier alpha value is -0.850. The molecule has 0 aliphatic heterocycles. The largest absolute Gasteiger partial charge is 0.491 e. The van der Waals surface area contributed by atoms with Crippen molar-refractivity contribution in [3.63, 3.8) is 0 Å². The van der Waals surface area contributed by atoms with Gasteiger partial charge >= 0.3 is 0 Å². The molecule has 1 aromatic carbocycles. The second kappa shape index (κ2) is 10.9. The van der Waals surface area contributed by atoms with Crippen molar-refractivity contribution in [1.29, 1.82) is 0 Å². The maximum atomic E-state index is 9.22. The Morgan fingerprint density at radius 1 is 1.00 bits per heavy atom. The first-order chi connectivity index (χ1) is 9.79. The van der Waals surface area contributed by atoms with E-state index in [2.05, 4.69) is 0 Å². The van der Waals surface area contributed by atoms with Crippen LogP contribution in [0.2, 0.25) is 5.02 Å². The molecule has 1 aromatic rings. The van der Waals surface area contributed by atoms with Crippen molar-refractivity contribution < 1.29 is 24.1 Å². The van der Waals surface area contributed by atoms with Crippen molar-refractivity contribution in [2.24, 2.45) is 0 Å². The van der Waals surface area contributed by atoms with Crippen LogP contribution >= 0.6 is 11.6 Å². The number of rotatable bonds is 11. The minimum absolute atomic E-state index is 0.150. The maximum absolute atomic E-state index is 9.22. The SMILES string of the molecule is COCCOCCOCCOc1cccc(Cl)c1CO. The van der Waals surface area contributed by atoms with Crippen molar-refractivity contribution in [2.75, 3.05) is 46.8 Å². The first-order valence-electron chi connectivity index (χ1n) is 6.45. The van der Waals surface area contributed by atoms with Crippen LogP contribution < -0.4 is 4.74 Å². The van der Waals surface area contributed by atoms with Crippen molar-refractivity contribution in [3.05, 3.63) is 28.8 Å². The second-order valence-electron chi connectivity index (χ2n) is 3.94. The molecule has 0 bridgehead atoms. The molecule has 0 unspecified atom stereocenters. The first kappa shape index (κ1) is 17.2. The summed E-state index contributed by atoms with van der Waals surface area (Å²) in [5.41, 5.74) is 0.595. The van der Waals surface area contributed by atoms with E-state index in [-0.39, 0.29) is 6.61 Å². The van der Waals surface area contributed by atoms with Crippen LogP contribution in [0.1, 0.15) is 5.56 Å². The molecule has 0 radical (unpaired) electrons. The Balaban J connectivity index is 2.11. The van der Waals surface area contributed by atoms with Gasteiger partial charge in [0.25, 0.3) is 0 Å². The molecule has 0 saturated heterocycles. The van der Waals surface area contributed by atoms with Crippen molar-refractivity contribution in [1.82, 2.24) is 0 Å². The molecule has 1 N–H and O–H groups in total. The molecule has 0 saturated carbocycles. The maximum Gasteiger partial charge on any atom is 0.126 e. The number of halogens is 1. The van der Waals surface area contributed by atoms with Crippen molar-refractivity contribution in [2.45, 2.75) is 6.61 Å². The van der Waals surface area contributed by atoms with Crippen LogP contribution in [-0.2, 0) is 20.8 Å². The molecule has 0 fully saturated rings. The lowest BCUT2D eigenvalue weighted by Gasteiger charge is -2.11. The van der Waals surface area contributed by atoms with Gasteiger partial charge in [-0.05, 0) is 12.1 Å². The van der Waals surface area contributed by atoms with E-state index in [1.165, 1.54) is 0 Å². The average molecular weight is 305 g/mol. The van der Waals surface area contributed by atoms with Crippen LogP contribution in [-0.4, -0.2) is 51.9 Å². The molecule has 0 aliphatic carbocycles. The minimum Gasteiger partial charge on any atom is -0.491 e. The molecule has 5 nitrogen and oxygen atoms in total. The quantitative estimate of drug-likeness (QED) is 0.633. The molecule has 0 atom stereocenters. The predicted octanol–water partition coefficient (Wildman–Crippen LogP) is 1.89. The number of aliphatic hydroxyl groups excluding tert-OH is 1. The highest BCUT2D eigenvalue weighted by atomic mass is 35.5. The van der Waals surface area contributed by atoms with Gasteiger partial charge in [0.1, 0.15) is 12.4 Å². The summed E-state index contributed by atoms with van der Waals surface area (Å²) in [7, 11) is 1.63. The van der Waals surface area contributed by atoms with Gasteiger partial charge in [-0.25, -0.2) is 0 Å². The third-order valence-electron chi connectivity index (χ3n) is 2.52. The first-order valence-corrected chi connectivity index (χ1v) is 6.83. The van der Waals surface area contributed by atoms with Gasteiger partial charge in [-0.15, -0.1) is 0 Å². The molecule has 20 heavy (non-hydrogen) atoms. The molecule has 1 rings (SSSR count). The molecule has 114 valence electrons. The molecular formula is C14H21ClO5. The van der Waals surface area contributed by atoms with E-state index >= 15 is 0 Å². The summed E-state index contributed by atoms with van der Waals surface area (Å²) in [5, 5.41) is 9.72. The monoisotopic (exact) mass is 304 g/mol. The number of benzene rings is 1. The van der Waals surface area contributed by atoms with E-state index in [4.69, 9.17) is 30.5 Å². The van der Waals surface area contributed by atoms with E-state index in [0.29, 0.717) is 56.0 Å². The van der Waals surface area contributed by atoms with Crippen LogP contribution in [0.5, 0.6) is 5.75 Å². The number of ether oxygens (including phenoxy) is 4. The summed E-state index contributed by atoms with van der Waals surface area (Å²) in [6.07, 6.45) is 0. The summed E-state index contributed by atoms with van der Waals surface area (Å²) >= 11 is 5.95. The lowest BCUT2D eigenvalue weighted by molar-refractivity contribution is 0.0178. The Morgan fingerprint density at radius 2 is 1.65 bits per heavy atom. The van der Waals surface area contributed by atoms with Gasteiger partial charge in [-0.2, -0.15) is 0 Å². The van der Waals surface area contributed by atoms with Crippen LogP contribution in [0.15, 0.2) is 18.2 Å². The van der Waals surface area contributed by atoms with Crippen molar-refractivity contribution in [3.8, 4) is 5.75 Å². The van der Waals surface area contributed by atoms with Gasteiger partial charge in [0.15, 0.2) is 0 Å². The highest BCUT2D eigenvalue weighted by Gasteiger charge is 2.06. The molecule has 0 heterocycles. The van der Waals surface area contributed by atoms with Crippen LogP contribution in [0, 0.1) is 0 Å². The summed E-state index contributed by atoms with van der Waals surface area (Å²) < 4.78 is 21.0. The molecule has 0 aliphatic rings. The Bertz CT molecular complexity index is 373. The van der Waals surface area contributed by atoms with Gasteiger partial charge in [0.2, 0.25) is 0 Å². The van der Waals surface area contributed by atoms with E-state index < -0.39 is 0 Å². The molecule has 6 heteroatoms. The van der Waals surface area contributed by atoms with Gasteiger partial charge in [-0.1, -0.05) is 17.7 Å². The highest BCUT2D eigenvalue weighted by molar-refractivity contribution is 6.31. The summed E-state index contributed by atoms with van der Waals surface area (Å²) in [5.74, 6) is 0.583. The summed E-state index contributed by atoms with van der Waals surface area (Å²) in [6, 6.07) is 5.26. The van der Waals surface area contributed by atoms with Crippen LogP contribution in [0.3, 0.4) is 0 Å². The Morgan fingerprint density at radius 3 is 2.30 bits per heavy atom. The van der Waals surface area contributed by atoms with E-state index in [9.17, 15) is 5.11 Å². The fourth-order valence-electron chi connectivity index (χ4n) is 1.50. The highest BCUT2D eigenvalue weighted by Crippen LogP contribution is 2.26. The number of hydrogen-bond donors (Lipinski definition) is 1. The molecule has 0 spiro atoms.